The van der Waals surface area contributed by atoms with Crippen LogP contribution in [0.4, 0.5) is 5.82 Å². The summed E-state index contributed by atoms with van der Waals surface area (Å²) < 4.78 is 0. The first-order valence-electron chi connectivity index (χ1n) is 9.90. The van der Waals surface area contributed by atoms with Crippen LogP contribution < -0.4 is 16.0 Å². The van der Waals surface area contributed by atoms with Gasteiger partial charge in [0.15, 0.2) is 5.96 Å². The van der Waals surface area contributed by atoms with E-state index in [1.54, 1.807) is 6.20 Å². The van der Waals surface area contributed by atoms with Gasteiger partial charge in [0.25, 0.3) is 0 Å². The smallest absolute Gasteiger partial charge is 0.227 e. The topological polar surface area (TPSA) is 81.6 Å². The third kappa shape index (κ3) is 7.90. The standard InChI is InChI=1S/C20H34N6O.HI/c1-6-21-20(24-17-13-26(14(2)3)12-16(17)5)22-10-9-19(27)25-18-8-7-15(4)11-23-18;/h7-8,11,14,16-17H,6,9-10,12-13H2,1-5H3,(H2,21,22,24)(H,23,25,27);1H. The number of nitrogens with zero attached hydrogens (tertiary/aromatic N) is 3. The Morgan fingerprint density at radius 3 is 2.68 bits per heavy atom. The predicted molar refractivity (Wildman–Crippen MR) is 126 cm³/mol. The van der Waals surface area contributed by atoms with Crippen LogP contribution in [-0.2, 0) is 4.79 Å². The molecule has 2 heterocycles. The molecule has 2 atom stereocenters. The lowest BCUT2D eigenvalue weighted by Gasteiger charge is -2.21. The van der Waals surface area contributed by atoms with E-state index in [0.717, 1.165) is 31.2 Å². The summed E-state index contributed by atoms with van der Waals surface area (Å²) in [5, 5.41) is 9.62. The third-order valence-corrected chi connectivity index (χ3v) is 4.82. The van der Waals surface area contributed by atoms with E-state index in [0.29, 0.717) is 36.8 Å². The Kier molecular flexibility index (Phi) is 10.7. The highest BCUT2D eigenvalue weighted by molar-refractivity contribution is 14.0. The number of halogens is 1. The van der Waals surface area contributed by atoms with E-state index >= 15 is 0 Å². The molecule has 1 fully saturated rings. The number of aromatic nitrogens is 1. The van der Waals surface area contributed by atoms with Gasteiger partial charge in [0.1, 0.15) is 5.82 Å². The number of carbonyl (C=O) groups is 1. The van der Waals surface area contributed by atoms with Crippen LogP contribution in [0.25, 0.3) is 0 Å². The predicted octanol–water partition coefficient (Wildman–Crippen LogP) is 2.62. The highest BCUT2D eigenvalue weighted by Gasteiger charge is 2.31. The van der Waals surface area contributed by atoms with Gasteiger partial charge in [0.05, 0.1) is 6.54 Å². The highest BCUT2D eigenvalue weighted by atomic mass is 127. The summed E-state index contributed by atoms with van der Waals surface area (Å²) in [4.78, 5) is 23.3. The Morgan fingerprint density at radius 2 is 2.11 bits per heavy atom. The molecule has 8 heteroatoms. The van der Waals surface area contributed by atoms with Gasteiger partial charge in [-0.2, -0.15) is 0 Å². The molecular formula is C20H35IN6O. The zero-order valence-electron chi connectivity index (χ0n) is 17.7. The molecule has 0 aliphatic carbocycles. The second-order valence-corrected chi connectivity index (χ2v) is 7.56. The first kappa shape index (κ1) is 24.6. The molecule has 0 saturated carbocycles. The largest absolute Gasteiger partial charge is 0.357 e. The van der Waals surface area contributed by atoms with Crippen LogP contribution in [0.5, 0.6) is 0 Å². The number of aryl methyl sites for hydroxylation is 1. The molecule has 2 rings (SSSR count). The van der Waals surface area contributed by atoms with Crippen LogP contribution in [0.15, 0.2) is 23.3 Å². The SMILES string of the molecule is CCNC(=NCCC(=O)Nc1ccc(C)cn1)NC1CN(C(C)C)CC1C.I. The van der Waals surface area contributed by atoms with Crippen LogP contribution in [-0.4, -0.2) is 60.0 Å². The fraction of sp³-hybridized carbons (Fsp3) is 0.650. The number of nitrogens with one attached hydrogen (secondary N) is 3. The molecule has 1 aliphatic heterocycles. The lowest BCUT2D eigenvalue weighted by molar-refractivity contribution is -0.116. The van der Waals surface area contributed by atoms with Gasteiger partial charge in [0, 0.05) is 44.3 Å². The van der Waals surface area contributed by atoms with Gasteiger partial charge >= 0.3 is 0 Å². The third-order valence-electron chi connectivity index (χ3n) is 4.82. The van der Waals surface area contributed by atoms with Crippen molar-refractivity contribution in [3.63, 3.8) is 0 Å². The van der Waals surface area contributed by atoms with Crippen LogP contribution in [0, 0.1) is 12.8 Å². The highest BCUT2D eigenvalue weighted by Crippen LogP contribution is 2.18. The molecule has 1 aromatic rings. The Bertz CT molecular complexity index is 634. The monoisotopic (exact) mass is 502 g/mol. The maximum Gasteiger partial charge on any atom is 0.227 e. The van der Waals surface area contributed by atoms with Gasteiger partial charge in [-0.15, -0.1) is 24.0 Å². The van der Waals surface area contributed by atoms with E-state index in [9.17, 15) is 4.79 Å². The molecule has 158 valence electrons. The molecule has 1 aliphatic rings. The Balaban J connectivity index is 0.00000392. The number of likely N-dealkylation sites (tertiary alicyclic amines) is 1. The number of aliphatic imine (C=N–C) groups is 1. The van der Waals surface area contributed by atoms with E-state index < -0.39 is 0 Å². The molecule has 0 aromatic carbocycles. The number of hydrogen-bond acceptors (Lipinski definition) is 4. The molecule has 0 bridgehead atoms. The van der Waals surface area contributed by atoms with Gasteiger partial charge in [-0.1, -0.05) is 13.0 Å². The van der Waals surface area contributed by atoms with Crippen molar-refractivity contribution in [1.29, 1.82) is 0 Å². The summed E-state index contributed by atoms with van der Waals surface area (Å²) in [6.45, 7) is 14.1. The average molecular weight is 502 g/mol. The number of amides is 1. The van der Waals surface area contributed by atoms with E-state index in [4.69, 9.17) is 0 Å². The number of anilines is 1. The molecule has 1 aromatic heterocycles. The number of guanidine groups is 1. The summed E-state index contributed by atoms with van der Waals surface area (Å²) in [5.41, 5.74) is 1.07. The summed E-state index contributed by atoms with van der Waals surface area (Å²) in [7, 11) is 0. The quantitative estimate of drug-likeness (QED) is 0.304. The molecule has 0 radical (unpaired) electrons. The maximum absolute atomic E-state index is 12.1. The Morgan fingerprint density at radius 1 is 1.36 bits per heavy atom. The van der Waals surface area contributed by atoms with Gasteiger partial charge in [-0.25, -0.2) is 4.98 Å². The number of carbonyl (C=O) groups excluding carboxylic acids is 1. The number of rotatable bonds is 7. The Labute approximate surface area is 186 Å². The van der Waals surface area contributed by atoms with Crippen molar-refractivity contribution >= 4 is 41.7 Å². The lowest BCUT2D eigenvalue weighted by Crippen LogP contribution is -2.47. The van der Waals surface area contributed by atoms with Gasteiger partial charge < -0.3 is 16.0 Å². The van der Waals surface area contributed by atoms with Gasteiger partial charge in [-0.05, 0) is 45.2 Å². The minimum atomic E-state index is -0.0776. The Hall–Kier alpha value is -1.42. The van der Waals surface area contributed by atoms with Gasteiger partial charge in [-0.3, -0.25) is 14.7 Å². The summed E-state index contributed by atoms with van der Waals surface area (Å²) in [6.07, 6.45) is 2.06. The van der Waals surface area contributed by atoms with Crippen molar-refractivity contribution in [2.24, 2.45) is 10.9 Å². The fourth-order valence-electron chi connectivity index (χ4n) is 3.13. The van der Waals surface area contributed by atoms with Crippen molar-refractivity contribution in [2.45, 2.75) is 53.1 Å². The van der Waals surface area contributed by atoms with Crippen molar-refractivity contribution in [3.8, 4) is 0 Å². The lowest BCUT2D eigenvalue weighted by atomic mass is 10.1. The summed E-state index contributed by atoms with van der Waals surface area (Å²) >= 11 is 0. The van der Waals surface area contributed by atoms with Crippen LogP contribution in [0.2, 0.25) is 0 Å². The van der Waals surface area contributed by atoms with Crippen molar-refractivity contribution in [3.05, 3.63) is 23.9 Å². The fourth-order valence-corrected chi connectivity index (χ4v) is 3.13. The zero-order valence-corrected chi connectivity index (χ0v) is 20.0. The molecule has 3 N–H and O–H groups in total. The minimum Gasteiger partial charge on any atom is -0.357 e. The zero-order chi connectivity index (χ0) is 19.8. The van der Waals surface area contributed by atoms with E-state index in [-0.39, 0.29) is 29.9 Å². The van der Waals surface area contributed by atoms with E-state index in [1.807, 2.05) is 26.0 Å². The van der Waals surface area contributed by atoms with Crippen molar-refractivity contribution in [1.82, 2.24) is 20.5 Å². The van der Waals surface area contributed by atoms with Crippen molar-refractivity contribution < 1.29 is 4.79 Å². The maximum atomic E-state index is 12.1. The van der Waals surface area contributed by atoms with E-state index in [2.05, 4.69) is 51.6 Å². The second-order valence-electron chi connectivity index (χ2n) is 7.56. The summed E-state index contributed by atoms with van der Waals surface area (Å²) in [5.74, 6) is 1.84. The molecule has 28 heavy (non-hydrogen) atoms. The number of hydrogen-bond donors (Lipinski definition) is 3. The van der Waals surface area contributed by atoms with Gasteiger partial charge in [0.2, 0.25) is 5.91 Å². The molecular weight excluding hydrogens is 467 g/mol. The van der Waals surface area contributed by atoms with Crippen LogP contribution >= 0.6 is 24.0 Å². The second kappa shape index (κ2) is 12.2. The first-order valence-corrected chi connectivity index (χ1v) is 9.90. The average Bonchev–Trinajstić information content (AvgIpc) is 2.98. The first-order chi connectivity index (χ1) is 12.9. The molecule has 0 spiro atoms. The van der Waals surface area contributed by atoms with E-state index in [1.165, 1.54) is 0 Å². The molecule has 1 saturated heterocycles. The normalized spacial score (nSPS) is 20.0. The minimum absolute atomic E-state index is 0. The number of pyridine rings is 1. The van der Waals surface area contributed by atoms with Crippen LogP contribution in [0.3, 0.4) is 0 Å². The van der Waals surface area contributed by atoms with Crippen LogP contribution in [0.1, 0.15) is 39.7 Å². The molecule has 7 nitrogen and oxygen atoms in total. The summed E-state index contributed by atoms with van der Waals surface area (Å²) in [6, 6.07) is 4.66. The van der Waals surface area contributed by atoms with Crippen molar-refractivity contribution in [2.75, 3.05) is 31.5 Å². The molecule has 1 amide bonds. The molecule has 2 unspecified atom stereocenters.